The molecule has 4 rings (SSSR count). The predicted octanol–water partition coefficient (Wildman–Crippen LogP) is 2.63. The Morgan fingerprint density at radius 2 is 1.91 bits per heavy atom. The summed E-state index contributed by atoms with van der Waals surface area (Å²) in [6, 6.07) is 5.64. The van der Waals surface area contributed by atoms with Gasteiger partial charge in [-0.2, -0.15) is 0 Å². The number of piperidine rings is 1. The highest BCUT2D eigenvalue weighted by Gasteiger charge is 2.52. The number of carbonyl (C=O) groups is 1. The molecule has 1 saturated carbocycles. The second kappa shape index (κ2) is 9.30. The van der Waals surface area contributed by atoms with Gasteiger partial charge in [0.15, 0.2) is 5.96 Å². The number of nitrogens with zero attached hydrogens (tertiary/aromatic N) is 2. The smallest absolute Gasteiger partial charge is 0.233 e. The molecule has 0 aromatic heterocycles. The molecule has 0 bridgehead atoms. The first kappa shape index (κ1) is 22.9. The highest BCUT2D eigenvalue weighted by molar-refractivity contribution is 5.91. The second-order valence-electron chi connectivity index (χ2n) is 10.3. The maximum atomic E-state index is 14.2. The number of carbonyl (C=O) groups excluding carboxylic acids is 1. The van der Waals surface area contributed by atoms with Gasteiger partial charge in [0.05, 0.1) is 18.0 Å². The lowest BCUT2D eigenvalue weighted by Crippen LogP contribution is -2.58. The predicted molar refractivity (Wildman–Crippen MR) is 127 cm³/mol. The lowest BCUT2D eigenvalue weighted by Gasteiger charge is -2.52. The number of nitrogens with two attached hydrogens (primary N) is 2. The maximum absolute atomic E-state index is 14.2. The van der Waals surface area contributed by atoms with Gasteiger partial charge in [-0.15, -0.1) is 0 Å². The fourth-order valence-corrected chi connectivity index (χ4v) is 6.41. The molecule has 1 spiro atoms. The first-order valence-electron chi connectivity index (χ1n) is 12.2. The standard InChI is InChI=1S/C25H39N5O2/c1-16(2)17-3-5-18(6-4-17)22-20-15-19(31)7-8-21(20)25(9-11-28-12-10-25)23(32)30(22)14-13-29-24(26)27/h7-8,15-18,22,28,31H,3-6,9-14H2,1-2H3,(H4,26,27,29). The van der Waals surface area contributed by atoms with Crippen molar-refractivity contribution in [3.8, 4) is 5.75 Å². The molecule has 7 heteroatoms. The molecule has 3 aliphatic rings. The number of hydrogen-bond donors (Lipinski definition) is 4. The van der Waals surface area contributed by atoms with Crippen molar-refractivity contribution in [3.63, 3.8) is 0 Å². The molecule has 2 fully saturated rings. The van der Waals surface area contributed by atoms with E-state index in [0.717, 1.165) is 55.8 Å². The van der Waals surface area contributed by atoms with Crippen LogP contribution in [0.4, 0.5) is 0 Å². The summed E-state index contributed by atoms with van der Waals surface area (Å²) in [5, 5.41) is 13.8. The summed E-state index contributed by atoms with van der Waals surface area (Å²) in [5.74, 6) is 2.35. The van der Waals surface area contributed by atoms with Crippen molar-refractivity contribution in [1.29, 1.82) is 0 Å². The first-order valence-corrected chi connectivity index (χ1v) is 12.2. The largest absolute Gasteiger partial charge is 0.508 e. The number of guanidine groups is 1. The molecule has 32 heavy (non-hydrogen) atoms. The van der Waals surface area contributed by atoms with Crippen molar-refractivity contribution in [3.05, 3.63) is 29.3 Å². The fraction of sp³-hybridized carbons (Fsp3) is 0.680. The summed E-state index contributed by atoms with van der Waals surface area (Å²) < 4.78 is 0. The molecule has 6 N–H and O–H groups in total. The van der Waals surface area contributed by atoms with Crippen LogP contribution in [-0.2, 0) is 10.2 Å². The van der Waals surface area contributed by atoms with E-state index in [1.54, 1.807) is 6.07 Å². The number of rotatable bonds is 5. The number of aliphatic imine (C=N–C) groups is 1. The van der Waals surface area contributed by atoms with E-state index in [0.29, 0.717) is 24.9 Å². The number of amides is 1. The van der Waals surface area contributed by atoms with Crippen molar-refractivity contribution in [2.24, 2.45) is 34.2 Å². The average molecular weight is 442 g/mol. The summed E-state index contributed by atoms with van der Waals surface area (Å²) >= 11 is 0. The number of benzene rings is 1. The third kappa shape index (κ3) is 4.19. The van der Waals surface area contributed by atoms with E-state index < -0.39 is 5.41 Å². The first-order chi connectivity index (χ1) is 15.3. The molecule has 1 aliphatic carbocycles. The fourth-order valence-electron chi connectivity index (χ4n) is 6.41. The van der Waals surface area contributed by atoms with Crippen LogP contribution in [0.5, 0.6) is 5.75 Å². The number of fused-ring (bicyclic) bond motifs is 2. The Balaban J connectivity index is 1.75. The van der Waals surface area contributed by atoms with Gasteiger partial charge in [-0.05, 0) is 92.6 Å². The molecule has 0 radical (unpaired) electrons. The molecule has 1 atom stereocenters. The molecule has 1 amide bonds. The Morgan fingerprint density at radius 1 is 1.22 bits per heavy atom. The van der Waals surface area contributed by atoms with Gasteiger partial charge in [-0.25, -0.2) is 0 Å². The van der Waals surface area contributed by atoms with Gasteiger partial charge >= 0.3 is 0 Å². The monoisotopic (exact) mass is 441 g/mol. The van der Waals surface area contributed by atoms with Crippen molar-refractivity contribution < 1.29 is 9.90 Å². The van der Waals surface area contributed by atoms with Crippen LogP contribution < -0.4 is 16.8 Å². The van der Waals surface area contributed by atoms with Crippen LogP contribution in [0.25, 0.3) is 0 Å². The van der Waals surface area contributed by atoms with Crippen molar-refractivity contribution >= 4 is 11.9 Å². The minimum atomic E-state index is -0.530. The van der Waals surface area contributed by atoms with Gasteiger partial charge in [0.25, 0.3) is 0 Å². The normalized spacial score (nSPS) is 27.4. The van der Waals surface area contributed by atoms with Crippen LogP contribution >= 0.6 is 0 Å². The summed E-state index contributed by atoms with van der Waals surface area (Å²) in [4.78, 5) is 20.4. The zero-order chi connectivity index (χ0) is 22.9. The van der Waals surface area contributed by atoms with E-state index in [1.165, 1.54) is 12.8 Å². The maximum Gasteiger partial charge on any atom is 0.233 e. The van der Waals surface area contributed by atoms with Crippen molar-refractivity contribution in [2.45, 2.75) is 63.8 Å². The molecular formula is C25H39N5O2. The van der Waals surface area contributed by atoms with Gasteiger partial charge in [-0.3, -0.25) is 9.79 Å². The lowest BCUT2D eigenvalue weighted by molar-refractivity contribution is -0.145. The van der Waals surface area contributed by atoms with Crippen LogP contribution in [0.2, 0.25) is 0 Å². The highest BCUT2D eigenvalue weighted by atomic mass is 16.3. The van der Waals surface area contributed by atoms with Crippen LogP contribution in [-0.4, -0.2) is 48.1 Å². The van der Waals surface area contributed by atoms with Crippen LogP contribution in [0.15, 0.2) is 23.2 Å². The van der Waals surface area contributed by atoms with E-state index >= 15 is 0 Å². The lowest BCUT2D eigenvalue weighted by atomic mass is 9.63. The van der Waals surface area contributed by atoms with Crippen molar-refractivity contribution in [2.75, 3.05) is 26.2 Å². The molecule has 2 heterocycles. The highest BCUT2D eigenvalue weighted by Crippen LogP contribution is 2.51. The van der Waals surface area contributed by atoms with Gasteiger partial charge in [0.1, 0.15) is 5.75 Å². The van der Waals surface area contributed by atoms with Crippen molar-refractivity contribution in [1.82, 2.24) is 10.2 Å². The minimum absolute atomic E-state index is 0.0348. The zero-order valence-electron chi connectivity index (χ0n) is 19.5. The third-order valence-corrected chi connectivity index (χ3v) is 8.17. The van der Waals surface area contributed by atoms with E-state index in [4.69, 9.17) is 11.5 Å². The Bertz CT molecular complexity index is 850. The Kier molecular flexibility index (Phi) is 6.65. The molecule has 7 nitrogen and oxygen atoms in total. The second-order valence-corrected chi connectivity index (χ2v) is 10.3. The number of nitrogens with one attached hydrogen (secondary N) is 1. The van der Waals surface area contributed by atoms with Gasteiger partial charge in [0, 0.05) is 6.54 Å². The molecule has 1 unspecified atom stereocenters. The summed E-state index contributed by atoms with van der Waals surface area (Å²) in [6.45, 7) is 7.15. The minimum Gasteiger partial charge on any atom is -0.508 e. The Labute approximate surface area is 191 Å². The summed E-state index contributed by atoms with van der Waals surface area (Å²) in [6.07, 6.45) is 6.13. The number of aromatic hydroxyl groups is 1. The number of hydrogen-bond acceptors (Lipinski definition) is 4. The average Bonchev–Trinajstić information content (AvgIpc) is 2.78. The molecule has 1 aromatic rings. The topological polar surface area (TPSA) is 117 Å². The SMILES string of the molecule is CC(C)C1CCC(C2c3cc(O)ccc3C3(CCNCC3)C(=O)N2CCN=C(N)N)CC1. The van der Waals surface area contributed by atoms with E-state index in [-0.39, 0.29) is 23.7 Å². The number of phenolic OH excluding ortho intramolecular Hbond substituents is 1. The molecule has 176 valence electrons. The molecule has 1 aromatic carbocycles. The molecular weight excluding hydrogens is 402 g/mol. The zero-order valence-corrected chi connectivity index (χ0v) is 19.5. The quantitative estimate of drug-likeness (QED) is 0.414. The molecule has 2 aliphatic heterocycles. The molecule has 1 saturated heterocycles. The van der Waals surface area contributed by atoms with Gasteiger partial charge in [-0.1, -0.05) is 19.9 Å². The summed E-state index contributed by atoms with van der Waals surface area (Å²) in [7, 11) is 0. The van der Waals surface area contributed by atoms with Gasteiger partial charge < -0.3 is 26.8 Å². The number of phenols is 1. The van der Waals surface area contributed by atoms with E-state index in [2.05, 4.69) is 29.1 Å². The third-order valence-electron chi connectivity index (χ3n) is 8.17. The van der Waals surface area contributed by atoms with E-state index in [1.807, 2.05) is 12.1 Å². The van der Waals surface area contributed by atoms with Crippen LogP contribution in [0.1, 0.15) is 69.5 Å². The Hall–Kier alpha value is -2.28. The van der Waals surface area contributed by atoms with E-state index in [9.17, 15) is 9.90 Å². The van der Waals surface area contributed by atoms with Crippen LogP contribution in [0.3, 0.4) is 0 Å². The van der Waals surface area contributed by atoms with Crippen LogP contribution in [0, 0.1) is 17.8 Å². The Morgan fingerprint density at radius 3 is 2.53 bits per heavy atom. The van der Waals surface area contributed by atoms with Gasteiger partial charge in [0.2, 0.25) is 5.91 Å². The summed E-state index contributed by atoms with van der Waals surface area (Å²) in [5.41, 5.74) is 12.9.